The summed E-state index contributed by atoms with van der Waals surface area (Å²) in [5.74, 6) is 0.430. The number of hydrogen-bond donors (Lipinski definition) is 1. The van der Waals surface area contributed by atoms with Crippen LogP contribution >= 0.6 is 0 Å². The van der Waals surface area contributed by atoms with E-state index in [2.05, 4.69) is 11.7 Å². The van der Waals surface area contributed by atoms with Gasteiger partial charge in [-0.1, -0.05) is 19.4 Å². The van der Waals surface area contributed by atoms with Crippen molar-refractivity contribution in [3.05, 3.63) is 28.8 Å². The minimum atomic E-state index is -1.26. The molecule has 3 heteroatoms. The lowest BCUT2D eigenvalue weighted by Crippen LogP contribution is -2.05. The predicted molar refractivity (Wildman–Crippen MR) is 58.6 cm³/mol. The average molecular weight is 208 g/mol. The minimum Gasteiger partial charge on any atom is -0.449 e. The van der Waals surface area contributed by atoms with Gasteiger partial charge in [0.05, 0.1) is 0 Å². The zero-order valence-corrected chi connectivity index (χ0v) is 9.33. The summed E-state index contributed by atoms with van der Waals surface area (Å²) in [6, 6.07) is 3.66. The number of ether oxygens (including phenoxy) is 1. The molecule has 0 aromatic heterocycles. The molecule has 0 saturated carbocycles. The number of carbonyl (C=O) groups is 1. The van der Waals surface area contributed by atoms with Crippen LogP contribution in [0.1, 0.15) is 30.0 Å². The maximum atomic E-state index is 10.4. The maximum Gasteiger partial charge on any atom is 0.511 e. The molecule has 0 amide bonds. The molecule has 1 aromatic carbocycles. The van der Waals surface area contributed by atoms with E-state index in [9.17, 15) is 4.79 Å². The molecule has 82 valence electrons. The van der Waals surface area contributed by atoms with Crippen molar-refractivity contribution in [3.63, 3.8) is 0 Å². The van der Waals surface area contributed by atoms with Gasteiger partial charge in [-0.15, -0.1) is 0 Å². The zero-order valence-electron chi connectivity index (χ0n) is 9.33. The summed E-state index contributed by atoms with van der Waals surface area (Å²) < 4.78 is 4.68. The van der Waals surface area contributed by atoms with Gasteiger partial charge in [0.1, 0.15) is 5.75 Å². The molecule has 0 heterocycles. The van der Waals surface area contributed by atoms with Crippen LogP contribution in [0.4, 0.5) is 4.79 Å². The fourth-order valence-electron chi connectivity index (χ4n) is 1.60. The number of aryl methyl sites for hydroxylation is 1. The summed E-state index contributed by atoms with van der Waals surface area (Å²) in [7, 11) is 0. The van der Waals surface area contributed by atoms with E-state index in [1.165, 1.54) is 5.56 Å². The first-order chi connectivity index (χ1) is 7.06. The minimum absolute atomic E-state index is 0.430. The van der Waals surface area contributed by atoms with Gasteiger partial charge in [-0.25, -0.2) is 4.79 Å². The van der Waals surface area contributed by atoms with Gasteiger partial charge in [-0.2, -0.15) is 0 Å². The van der Waals surface area contributed by atoms with E-state index in [1.807, 2.05) is 19.9 Å². The standard InChI is InChI=1S/C12H16O3/c1-4-5-10-6-7-11(15-12(13)14)9(3)8(10)2/h6-7H,4-5H2,1-3H3,(H,13,14). The molecule has 0 saturated heterocycles. The first-order valence-corrected chi connectivity index (χ1v) is 5.06. The monoisotopic (exact) mass is 208 g/mol. The molecule has 3 nitrogen and oxygen atoms in total. The third-order valence-electron chi connectivity index (χ3n) is 2.57. The Bertz CT molecular complexity index is 369. The maximum absolute atomic E-state index is 10.4. The summed E-state index contributed by atoms with van der Waals surface area (Å²) in [5.41, 5.74) is 3.28. The van der Waals surface area contributed by atoms with Gasteiger partial charge in [-0.3, -0.25) is 0 Å². The smallest absolute Gasteiger partial charge is 0.449 e. The number of rotatable bonds is 3. The van der Waals surface area contributed by atoms with E-state index in [4.69, 9.17) is 5.11 Å². The van der Waals surface area contributed by atoms with Crippen molar-refractivity contribution in [2.24, 2.45) is 0 Å². The first kappa shape index (κ1) is 11.6. The van der Waals surface area contributed by atoms with Gasteiger partial charge in [0.2, 0.25) is 0 Å². The van der Waals surface area contributed by atoms with Gasteiger partial charge in [0.15, 0.2) is 0 Å². The molecule has 0 aliphatic heterocycles. The molecule has 15 heavy (non-hydrogen) atoms. The first-order valence-electron chi connectivity index (χ1n) is 5.06. The number of carboxylic acid groups (broad SMARTS) is 1. The molecule has 1 rings (SSSR count). The van der Waals surface area contributed by atoms with Crippen LogP contribution in [0.15, 0.2) is 12.1 Å². The van der Waals surface area contributed by atoms with Gasteiger partial charge in [0, 0.05) is 0 Å². The van der Waals surface area contributed by atoms with Gasteiger partial charge >= 0.3 is 6.16 Å². The Morgan fingerprint density at radius 1 is 1.33 bits per heavy atom. The van der Waals surface area contributed by atoms with Crippen LogP contribution in [-0.2, 0) is 6.42 Å². The summed E-state index contributed by atoms with van der Waals surface area (Å²) >= 11 is 0. The number of benzene rings is 1. The van der Waals surface area contributed by atoms with E-state index < -0.39 is 6.16 Å². The summed E-state index contributed by atoms with van der Waals surface area (Å²) in [6.45, 7) is 6.00. The van der Waals surface area contributed by atoms with Crippen LogP contribution in [0.3, 0.4) is 0 Å². The van der Waals surface area contributed by atoms with Gasteiger partial charge in [0.25, 0.3) is 0 Å². The summed E-state index contributed by atoms with van der Waals surface area (Å²) in [4.78, 5) is 10.4. The van der Waals surface area contributed by atoms with Crippen LogP contribution in [0.25, 0.3) is 0 Å². The Kier molecular flexibility index (Phi) is 3.72. The van der Waals surface area contributed by atoms with Crippen LogP contribution in [0.5, 0.6) is 5.75 Å². The zero-order chi connectivity index (χ0) is 11.4. The normalized spacial score (nSPS) is 10.1. The predicted octanol–water partition coefficient (Wildman–Crippen LogP) is 3.31. The quantitative estimate of drug-likeness (QED) is 0.612. The molecule has 1 N–H and O–H groups in total. The van der Waals surface area contributed by atoms with Gasteiger partial charge in [-0.05, 0) is 43.0 Å². The molecular weight excluding hydrogens is 192 g/mol. The van der Waals surface area contributed by atoms with Crippen molar-refractivity contribution >= 4 is 6.16 Å². The van der Waals surface area contributed by atoms with Crippen LogP contribution in [-0.4, -0.2) is 11.3 Å². The molecule has 0 atom stereocenters. The van der Waals surface area contributed by atoms with Crippen molar-refractivity contribution in [3.8, 4) is 5.75 Å². The number of hydrogen-bond acceptors (Lipinski definition) is 2. The highest BCUT2D eigenvalue weighted by atomic mass is 16.7. The highest BCUT2D eigenvalue weighted by Gasteiger charge is 2.09. The lowest BCUT2D eigenvalue weighted by atomic mass is 9.99. The summed E-state index contributed by atoms with van der Waals surface area (Å²) in [6.07, 6.45) is 0.833. The second-order valence-corrected chi connectivity index (χ2v) is 3.59. The van der Waals surface area contributed by atoms with E-state index in [1.54, 1.807) is 6.07 Å². The largest absolute Gasteiger partial charge is 0.511 e. The van der Waals surface area contributed by atoms with Crippen molar-refractivity contribution < 1.29 is 14.6 Å². The third kappa shape index (κ3) is 2.72. The highest BCUT2D eigenvalue weighted by molar-refractivity contribution is 5.62. The Hall–Kier alpha value is -1.51. The Labute approximate surface area is 89.7 Å². The SMILES string of the molecule is CCCc1ccc(OC(=O)O)c(C)c1C. The van der Waals surface area contributed by atoms with Crippen molar-refractivity contribution in [1.29, 1.82) is 0 Å². The Balaban J connectivity index is 3.03. The third-order valence-corrected chi connectivity index (χ3v) is 2.57. The second kappa shape index (κ2) is 4.82. The Morgan fingerprint density at radius 3 is 2.53 bits per heavy atom. The lowest BCUT2D eigenvalue weighted by molar-refractivity contribution is 0.144. The van der Waals surface area contributed by atoms with E-state index in [0.29, 0.717) is 5.75 Å². The van der Waals surface area contributed by atoms with Crippen LogP contribution in [0, 0.1) is 13.8 Å². The molecule has 0 bridgehead atoms. The Morgan fingerprint density at radius 2 is 2.00 bits per heavy atom. The van der Waals surface area contributed by atoms with Crippen molar-refractivity contribution in [1.82, 2.24) is 0 Å². The fourth-order valence-corrected chi connectivity index (χ4v) is 1.60. The second-order valence-electron chi connectivity index (χ2n) is 3.59. The van der Waals surface area contributed by atoms with Crippen molar-refractivity contribution in [2.75, 3.05) is 0 Å². The lowest BCUT2D eigenvalue weighted by Gasteiger charge is -2.11. The molecule has 0 radical (unpaired) electrons. The molecule has 0 aliphatic carbocycles. The van der Waals surface area contributed by atoms with E-state index in [0.717, 1.165) is 24.0 Å². The molecular formula is C12H16O3. The fraction of sp³-hybridized carbons (Fsp3) is 0.417. The molecule has 0 spiro atoms. The molecule has 1 aromatic rings. The molecule has 0 unspecified atom stereocenters. The van der Waals surface area contributed by atoms with Crippen molar-refractivity contribution in [2.45, 2.75) is 33.6 Å². The summed E-state index contributed by atoms with van der Waals surface area (Å²) in [5, 5.41) is 8.53. The van der Waals surface area contributed by atoms with E-state index >= 15 is 0 Å². The highest BCUT2D eigenvalue weighted by Crippen LogP contribution is 2.25. The van der Waals surface area contributed by atoms with Gasteiger partial charge < -0.3 is 9.84 Å². The molecule has 0 fully saturated rings. The topological polar surface area (TPSA) is 46.5 Å². The van der Waals surface area contributed by atoms with Crippen LogP contribution in [0.2, 0.25) is 0 Å². The average Bonchev–Trinajstić information content (AvgIpc) is 2.17. The van der Waals surface area contributed by atoms with Crippen LogP contribution < -0.4 is 4.74 Å². The molecule has 0 aliphatic rings. The van der Waals surface area contributed by atoms with E-state index in [-0.39, 0.29) is 0 Å².